The molecule has 10 nitrogen and oxygen atoms in total. The van der Waals surface area contributed by atoms with Crippen LogP contribution in [0.4, 0.5) is 11.4 Å². The number of benzene rings is 3. The van der Waals surface area contributed by atoms with Crippen molar-refractivity contribution in [3.8, 4) is 17.2 Å². The van der Waals surface area contributed by atoms with Gasteiger partial charge in [0, 0.05) is 36.0 Å². The largest absolute Gasteiger partial charge is 0.497 e. The van der Waals surface area contributed by atoms with Crippen LogP contribution in [0, 0.1) is 10.1 Å². The van der Waals surface area contributed by atoms with Gasteiger partial charge < -0.3 is 18.9 Å². The molecule has 0 spiro atoms. The minimum atomic E-state index is -0.547. The molecule has 1 unspecified atom stereocenters. The number of fused-ring (bicyclic) bond motifs is 3. The summed E-state index contributed by atoms with van der Waals surface area (Å²) in [5.74, 6) is 0.709. The Bertz CT molecular complexity index is 1720. The van der Waals surface area contributed by atoms with Crippen molar-refractivity contribution in [2.24, 2.45) is 0 Å². The molecular formula is C33H30N4O6. The van der Waals surface area contributed by atoms with E-state index in [0.29, 0.717) is 17.1 Å². The van der Waals surface area contributed by atoms with Crippen molar-refractivity contribution in [1.29, 1.82) is 0 Å². The number of aromatic nitrogens is 1. The molecule has 3 aromatic carbocycles. The normalized spacial score (nSPS) is 15.5. The van der Waals surface area contributed by atoms with Crippen molar-refractivity contribution in [1.82, 2.24) is 9.47 Å². The fraction of sp³-hybridized carbons (Fsp3) is 0.212. The number of nitro groups is 1. The molecule has 1 aliphatic heterocycles. The van der Waals surface area contributed by atoms with Gasteiger partial charge in [0.2, 0.25) is 11.8 Å². The van der Waals surface area contributed by atoms with Crippen molar-refractivity contribution in [3.63, 3.8) is 0 Å². The van der Waals surface area contributed by atoms with Gasteiger partial charge in [-0.2, -0.15) is 0 Å². The predicted molar refractivity (Wildman–Crippen MR) is 162 cm³/mol. The van der Waals surface area contributed by atoms with E-state index < -0.39 is 11.0 Å². The number of nitro benzene ring substituents is 1. The molecule has 43 heavy (non-hydrogen) atoms. The van der Waals surface area contributed by atoms with Crippen LogP contribution < -0.4 is 14.4 Å². The van der Waals surface area contributed by atoms with Gasteiger partial charge >= 0.3 is 0 Å². The van der Waals surface area contributed by atoms with Gasteiger partial charge in [0.25, 0.3) is 5.69 Å². The molecule has 1 saturated carbocycles. The molecule has 1 fully saturated rings. The van der Waals surface area contributed by atoms with Crippen molar-refractivity contribution < 1.29 is 24.0 Å². The van der Waals surface area contributed by atoms with Crippen LogP contribution in [-0.4, -0.2) is 53.0 Å². The third-order valence-corrected chi connectivity index (χ3v) is 7.82. The standard InChI is InChI=1S/C33H30N4O6/c1-42-25-16-17-30(43-2)26(20-25)33-29-8-5-19-34(29)27-6-3-4-7-28(27)36(33)32(39)21-35(23-14-15-23)31(38)18-11-22-9-12-24(13-10-22)37(40)41/h3-13,16-20,23,33H,14-15,21H2,1-2H3/b18-11+. The van der Waals surface area contributed by atoms with Crippen LogP contribution in [0.5, 0.6) is 11.5 Å². The first kappa shape index (κ1) is 27.8. The van der Waals surface area contributed by atoms with Gasteiger partial charge in [0.15, 0.2) is 0 Å². The molecule has 0 N–H and O–H groups in total. The zero-order chi connectivity index (χ0) is 30.1. The molecule has 2 aliphatic rings. The molecule has 0 bridgehead atoms. The van der Waals surface area contributed by atoms with E-state index in [1.54, 1.807) is 42.2 Å². The number of ether oxygens (including phenoxy) is 2. The van der Waals surface area contributed by atoms with Crippen LogP contribution in [0.3, 0.4) is 0 Å². The maximum atomic E-state index is 14.4. The smallest absolute Gasteiger partial charge is 0.269 e. The zero-order valence-corrected chi connectivity index (χ0v) is 23.8. The molecule has 1 aromatic heterocycles. The quantitative estimate of drug-likeness (QED) is 0.147. The second-order valence-electron chi connectivity index (χ2n) is 10.4. The van der Waals surface area contributed by atoms with E-state index in [0.717, 1.165) is 35.5 Å². The number of nitrogens with zero attached hydrogens (tertiary/aromatic N) is 4. The highest BCUT2D eigenvalue weighted by atomic mass is 16.6. The van der Waals surface area contributed by atoms with Gasteiger partial charge in [-0.05, 0) is 79.1 Å². The minimum absolute atomic E-state index is 0.0242. The highest BCUT2D eigenvalue weighted by Gasteiger charge is 2.40. The molecule has 4 aromatic rings. The van der Waals surface area contributed by atoms with Gasteiger partial charge in [0.05, 0.1) is 36.2 Å². The second-order valence-corrected chi connectivity index (χ2v) is 10.4. The van der Waals surface area contributed by atoms with Crippen molar-refractivity contribution >= 4 is 29.3 Å². The Balaban J connectivity index is 1.35. The molecule has 2 amide bonds. The highest BCUT2D eigenvalue weighted by Crippen LogP contribution is 2.45. The third kappa shape index (κ3) is 5.34. The molecule has 218 valence electrons. The molecule has 10 heteroatoms. The van der Waals surface area contributed by atoms with Gasteiger partial charge in [-0.15, -0.1) is 0 Å². The number of hydrogen-bond donors (Lipinski definition) is 0. The lowest BCUT2D eigenvalue weighted by Gasteiger charge is -2.40. The van der Waals surface area contributed by atoms with Crippen molar-refractivity contribution in [3.05, 3.63) is 118 Å². The van der Waals surface area contributed by atoms with Crippen LogP contribution in [0.1, 0.15) is 35.7 Å². The third-order valence-electron chi connectivity index (χ3n) is 7.82. The van der Waals surface area contributed by atoms with E-state index in [4.69, 9.17) is 9.47 Å². The number of para-hydroxylation sites is 2. The van der Waals surface area contributed by atoms with Gasteiger partial charge in [-0.3, -0.25) is 24.6 Å². The van der Waals surface area contributed by atoms with Gasteiger partial charge in [-0.1, -0.05) is 12.1 Å². The number of methoxy groups -OCH3 is 2. The van der Waals surface area contributed by atoms with Crippen molar-refractivity contribution in [2.45, 2.75) is 24.9 Å². The zero-order valence-electron chi connectivity index (χ0n) is 23.8. The number of carbonyl (C=O) groups excluding carboxylic acids is 2. The first-order valence-corrected chi connectivity index (χ1v) is 13.9. The number of carbonyl (C=O) groups is 2. The Kier molecular flexibility index (Phi) is 7.41. The Morgan fingerprint density at radius 3 is 2.40 bits per heavy atom. The summed E-state index contributed by atoms with van der Waals surface area (Å²) in [6.45, 7) is -0.119. The topological polar surface area (TPSA) is 107 Å². The summed E-state index contributed by atoms with van der Waals surface area (Å²) in [4.78, 5) is 41.7. The molecule has 0 saturated heterocycles. The van der Waals surface area contributed by atoms with E-state index in [9.17, 15) is 19.7 Å². The average Bonchev–Trinajstić information content (AvgIpc) is 3.76. The molecule has 0 radical (unpaired) electrons. The summed E-state index contributed by atoms with van der Waals surface area (Å²) in [5, 5.41) is 11.0. The van der Waals surface area contributed by atoms with E-state index >= 15 is 0 Å². The van der Waals surface area contributed by atoms with Crippen LogP contribution in [0.15, 0.2) is 91.1 Å². The van der Waals surface area contributed by atoms with Gasteiger partial charge in [-0.25, -0.2) is 0 Å². The summed E-state index contributed by atoms with van der Waals surface area (Å²) < 4.78 is 13.4. The predicted octanol–water partition coefficient (Wildman–Crippen LogP) is 5.54. The fourth-order valence-corrected chi connectivity index (χ4v) is 5.57. The molecule has 1 aliphatic carbocycles. The first-order valence-electron chi connectivity index (χ1n) is 13.9. The van der Waals surface area contributed by atoms with Crippen LogP contribution in [0.25, 0.3) is 11.8 Å². The number of amides is 2. The maximum Gasteiger partial charge on any atom is 0.269 e. The molecular weight excluding hydrogens is 548 g/mol. The molecule has 1 atom stereocenters. The van der Waals surface area contributed by atoms with Crippen molar-refractivity contribution in [2.75, 3.05) is 25.7 Å². The lowest BCUT2D eigenvalue weighted by Crippen LogP contribution is -2.47. The summed E-state index contributed by atoms with van der Waals surface area (Å²) in [5.41, 5.74) is 3.83. The number of non-ortho nitro benzene ring substituents is 1. The monoisotopic (exact) mass is 578 g/mol. The first-order chi connectivity index (χ1) is 20.9. The Hall–Kier alpha value is -5.38. The summed E-state index contributed by atoms with van der Waals surface area (Å²) in [7, 11) is 3.19. The minimum Gasteiger partial charge on any atom is -0.497 e. The van der Waals surface area contributed by atoms with Crippen LogP contribution in [0.2, 0.25) is 0 Å². The number of hydrogen-bond acceptors (Lipinski definition) is 6. The van der Waals surface area contributed by atoms with E-state index in [1.165, 1.54) is 18.2 Å². The number of rotatable bonds is 9. The van der Waals surface area contributed by atoms with Crippen LogP contribution in [-0.2, 0) is 9.59 Å². The summed E-state index contributed by atoms with van der Waals surface area (Å²) >= 11 is 0. The lowest BCUT2D eigenvalue weighted by molar-refractivity contribution is -0.384. The Labute approximate surface area is 248 Å². The highest BCUT2D eigenvalue weighted by molar-refractivity contribution is 6.02. The average molecular weight is 579 g/mol. The van der Waals surface area contributed by atoms with E-state index in [-0.39, 0.29) is 30.1 Å². The van der Waals surface area contributed by atoms with E-state index in [1.807, 2.05) is 60.8 Å². The lowest BCUT2D eigenvalue weighted by atomic mass is 9.96. The summed E-state index contributed by atoms with van der Waals surface area (Å²) in [6.07, 6.45) is 6.64. The molecule has 2 heterocycles. The fourth-order valence-electron chi connectivity index (χ4n) is 5.57. The Morgan fingerprint density at radius 2 is 1.72 bits per heavy atom. The summed E-state index contributed by atoms with van der Waals surface area (Å²) in [6, 6.07) is 22.5. The SMILES string of the molecule is COc1ccc(OC)c(C2c3cccn3-c3ccccc3N2C(=O)CN(C(=O)/C=C/c2ccc([N+](=O)[O-])cc2)C2CC2)c1. The van der Waals surface area contributed by atoms with E-state index in [2.05, 4.69) is 4.57 Å². The second kappa shape index (κ2) is 11.5. The van der Waals surface area contributed by atoms with Gasteiger partial charge in [0.1, 0.15) is 24.1 Å². The Morgan fingerprint density at radius 1 is 0.977 bits per heavy atom. The number of anilines is 1. The van der Waals surface area contributed by atoms with Crippen LogP contribution >= 0.6 is 0 Å². The molecule has 6 rings (SSSR count). The maximum absolute atomic E-state index is 14.4.